The van der Waals surface area contributed by atoms with Gasteiger partial charge in [-0.2, -0.15) is 4.99 Å². The SMILES string of the molecule is COc1ccc([C@H]2N=C(N)Nc3[nH]c4ccccc4[n+]32)c(OC)c1. The number of H-pyrrole nitrogens is 1. The molecule has 1 aliphatic rings. The quantitative estimate of drug-likeness (QED) is 0.641. The number of fused-ring (bicyclic) bond motifs is 3. The highest BCUT2D eigenvalue weighted by molar-refractivity contribution is 5.92. The predicted octanol–water partition coefficient (Wildman–Crippen LogP) is 1.76. The lowest BCUT2D eigenvalue weighted by atomic mass is 10.1. The van der Waals surface area contributed by atoms with Crippen LogP contribution in [-0.2, 0) is 0 Å². The summed E-state index contributed by atoms with van der Waals surface area (Å²) in [4.78, 5) is 7.92. The van der Waals surface area contributed by atoms with Gasteiger partial charge in [-0.3, -0.25) is 0 Å². The fourth-order valence-corrected chi connectivity index (χ4v) is 3.03. The minimum atomic E-state index is -0.335. The molecule has 24 heavy (non-hydrogen) atoms. The van der Waals surface area contributed by atoms with E-state index >= 15 is 0 Å². The van der Waals surface area contributed by atoms with E-state index in [1.165, 1.54) is 0 Å². The molecule has 0 saturated heterocycles. The second-order valence-electron chi connectivity index (χ2n) is 5.48. The van der Waals surface area contributed by atoms with Gasteiger partial charge in [-0.1, -0.05) is 12.1 Å². The molecule has 7 nitrogen and oxygen atoms in total. The van der Waals surface area contributed by atoms with Crippen LogP contribution < -0.4 is 25.1 Å². The molecule has 1 atom stereocenters. The van der Waals surface area contributed by atoms with Crippen molar-refractivity contribution in [2.75, 3.05) is 19.5 Å². The minimum absolute atomic E-state index is 0.335. The first-order valence-electron chi connectivity index (χ1n) is 7.55. The number of nitrogens with zero attached hydrogens (tertiary/aromatic N) is 2. The third-order valence-corrected chi connectivity index (χ3v) is 4.13. The highest BCUT2D eigenvalue weighted by Gasteiger charge is 2.32. The van der Waals surface area contributed by atoms with E-state index in [4.69, 9.17) is 15.2 Å². The largest absolute Gasteiger partial charge is 0.497 e. The van der Waals surface area contributed by atoms with E-state index < -0.39 is 0 Å². The zero-order chi connectivity index (χ0) is 16.7. The number of imidazole rings is 1. The Morgan fingerprint density at radius 2 is 1.96 bits per heavy atom. The molecule has 7 heteroatoms. The molecular formula is C17H18N5O2+. The van der Waals surface area contributed by atoms with Crippen molar-refractivity contribution in [3.8, 4) is 11.5 Å². The fourth-order valence-electron chi connectivity index (χ4n) is 3.03. The maximum absolute atomic E-state index is 5.99. The van der Waals surface area contributed by atoms with Crippen LogP contribution in [0.2, 0.25) is 0 Å². The van der Waals surface area contributed by atoms with Crippen molar-refractivity contribution < 1.29 is 14.0 Å². The van der Waals surface area contributed by atoms with Gasteiger partial charge in [0, 0.05) is 6.07 Å². The number of nitrogens with two attached hydrogens (primary N) is 1. The lowest BCUT2D eigenvalue weighted by molar-refractivity contribution is -0.674. The second-order valence-corrected chi connectivity index (χ2v) is 5.48. The number of hydrogen-bond acceptors (Lipinski definition) is 5. The van der Waals surface area contributed by atoms with Gasteiger partial charge in [0.1, 0.15) is 22.5 Å². The standard InChI is InChI=1S/C17H17N5O2/c1-23-10-7-8-11(14(9-10)24-2)15-20-16(18)21-17-19-12-5-3-4-6-13(12)22(15)17/h3-9,15H,1-2H3,(H3,18,19,20,21)/p+1/t15-/m0/s1. The summed E-state index contributed by atoms with van der Waals surface area (Å²) in [5, 5.41) is 3.08. The monoisotopic (exact) mass is 324 g/mol. The van der Waals surface area contributed by atoms with Crippen molar-refractivity contribution in [1.29, 1.82) is 0 Å². The van der Waals surface area contributed by atoms with Gasteiger partial charge in [0.2, 0.25) is 6.17 Å². The molecule has 0 radical (unpaired) electrons. The summed E-state index contributed by atoms with van der Waals surface area (Å²) in [5.74, 6) is 2.56. The number of nitrogens with one attached hydrogen (secondary N) is 2. The summed E-state index contributed by atoms with van der Waals surface area (Å²) < 4.78 is 12.9. The molecule has 3 aromatic rings. The van der Waals surface area contributed by atoms with E-state index in [9.17, 15) is 0 Å². The van der Waals surface area contributed by atoms with Gasteiger partial charge in [0.05, 0.1) is 19.8 Å². The van der Waals surface area contributed by atoms with Gasteiger partial charge in [-0.05, 0) is 24.3 Å². The number of ether oxygens (including phenoxy) is 2. The van der Waals surface area contributed by atoms with Crippen LogP contribution in [0.4, 0.5) is 5.95 Å². The van der Waals surface area contributed by atoms with Gasteiger partial charge >= 0.3 is 5.95 Å². The first-order chi connectivity index (χ1) is 11.7. The number of benzene rings is 2. The first-order valence-corrected chi connectivity index (χ1v) is 7.55. The summed E-state index contributed by atoms with van der Waals surface area (Å²) in [7, 11) is 3.26. The Morgan fingerprint density at radius 1 is 1.12 bits per heavy atom. The molecule has 0 amide bonds. The Bertz CT molecular complexity index is 947. The molecule has 1 aromatic heterocycles. The molecule has 4 N–H and O–H groups in total. The van der Waals surface area contributed by atoms with E-state index in [0.29, 0.717) is 11.7 Å². The normalized spacial score (nSPS) is 16.2. The van der Waals surface area contributed by atoms with E-state index in [-0.39, 0.29) is 6.17 Å². The first kappa shape index (κ1) is 14.4. The smallest absolute Gasteiger partial charge is 0.365 e. The average Bonchev–Trinajstić information content (AvgIpc) is 2.98. The maximum Gasteiger partial charge on any atom is 0.365 e. The van der Waals surface area contributed by atoms with E-state index in [0.717, 1.165) is 28.3 Å². The molecule has 2 heterocycles. The topological polar surface area (TPSA) is 88.5 Å². The minimum Gasteiger partial charge on any atom is -0.497 e. The van der Waals surface area contributed by atoms with Crippen LogP contribution in [0.25, 0.3) is 11.0 Å². The van der Waals surface area contributed by atoms with Gasteiger partial charge in [0.25, 0.3) is 5.96 Å². The molecule has 122 valence electrons. The number of rotatable bonds is 3. The number of aliphatic imine (C=N–C) groups is 1. The zero-order valence-corrected chi connectivity index (χ0v) is 13.4. The van der Waals surface area contributed by atoms with Gasteiger partial charge in [0.15, 0.2) is 0 Å². The van der Waals surface area contributed by atoms with Gasteiger partial charge in [-0.15, -0.1) is 0 Å². The third-order valence-electron chi connectivity index (χ3n) is 4.13. The lowest BCUT2D eigenvalue weighted by Gasteiger charge is -2.20. The molecule has 1 aliphatic heterocycles. The van der Waals surface area contributed by atoms with Crippen LogP contribution in [0, 0.1) is 0 Å². The summed E-state index contributed by atoms with van der Waals surface area (Å²) in [6, 6.07) is 13.7. The number of guanidine groups is 1. The molecule has 0 saturated carbocycles. The van der Waals surface area contributed by atoms with E-state index in [1.807, 2.05) is 42.5 Å². The molecule has 2 aromatic carbocycles. The Hall–Kier alpha value is -3.22. The summed E-state index contributed by atoms with van der Waals surface area (Å²) in [5.41, 5.74) is 8.92. The number of aromatic amines is 1. The lowest BCUT2D eigenvalue weighted by Crippen LogP contribution is -2.48. The van der Waals surface area contributed by atoms with E-state index in [2.05, 4.69) is 19.9 Å². The van der Waals surface area contributed by atoms with Crippen molar-refractivity contribution in [1.82, 2.24) is 4.98 Å². The Morgan fingerprint density at radius 3 is 2.75 bits per heavy atom. The van der Waals surface area contributed by atoms with Crippen LogP contribution >= 0.6 is 0 Å². The van der Waals surface area contributed by atoms with Crippen LogP contribution in [0.1, 0.15) is 11.7 Å². The number of anilines is 1. The molecule has 0 bridgehead atoms. The Kier molecular flexibility index (Phi) is 3.26. The fraction of sp³-hybridized carbons (Fsp3) is 0.176. The van der Waals surface area contributed by atoms with Crippen molar-refractivity contribution in [3.05, 3.63) is 48.0 Å². The van der Waals surface area contributed by atoms with Crippen molar-refractivity contribution in [2.24, 2.45) is 10.7 Å². The van der Waals surface area contributed by atoms with Crippen LogP contribution in [0.15, 0.2) is 47.5 Å². The highest BCUT2D eigenvalue weighted by Crippen LogP contribution is 2.32. The highest BCUT2D eigenvalue weighted by atomic mass is 16.5. The van der Waals surface area contributed by atoms with Crippen molar-refractivity contribution in [3.63, 3.8) is 0 Å². The molecular weight excluding hydrogens is 306 g/mol. The summed E-state index contributed by atoms with van der Waals surface area (Å²) >= 11 is 0. The predicted molar refractivity (Wildman–Crippen MR) is 91.4 cm³/mol. The molecule has 0 fully saturated rings. The molecule has 0 unspecified atom stereocenters. The van der Waals surface area contributed by atoms with Gasteiger partial charge < -0.3 is 15.2 Å². The maximum atomic E-state index is 5.99. The molecule has 0 spiro atoms. The Balaban J connectivity index is 1.94. The Labute approximate surface area is 138 Å². The van der Waals surface area contributed by atoms with Crippen LogP contribution in [0.3, 0.4) is 0 Å². The number of methoxy groups -OCH3 is 2. The molecule has 0 aliphatic carbocycles. The summed E-state index contributed by atoms with van der Waals surface area (Å²) in [6.07, 6.45) is -0.335. The zero-order valence-electron chi connectivity index (χ0n) is 13.4. The van der Waals surface area contributed by atoms with Crippen LogP contribution in [-0.4, -0.2) is 25.2 Å². The second kappa shape index (κ2) is 5.45. The average molecular weight is 324 g/mol. The third kappa shape index (κ3) is 2.13. The van der Waals surface area contributed by atoms with E-state index in [1.54, 1.807) is 14.2 Å². The number of para-hydroxylation sites is 2. The summed E-state index contributed by atoms with van der Waals surface area (Å²) in [6.45, 7) is 0. The van der Waals surface area contributed by atoms with Crippen molar-refractivity contribution >= 4 is 22.9 Å². The van der Waals surface area contributed by atoms with Gasteiger partial charge in [-0.25, -0.2) is 14.9 Å². The number of hydrogen-bond donors (Lipinski definition) is 3. The van der Waals surface area contributed by atoms with Crippen LogP contribution in [0.5, 0.6) is 11.5 Å². The number of aromatic nitrogens is 2. The van der Waals surface area contributed by atoms with Crippen molar-refractivity contribution in [2.45, 2.75) is 6.17 Å². The molecule has 4 rings (SSSR count).